The molecule has 1 aliphatic heterocycles. The maximum absolute atomic E-state index is 13.3. The molecule has 1 aliphatic rings. The number of nitrogens with one attached hydrogen (secondary N) is 1. The smallest absolute Gasteiger partial charge is 0.318 e. The SMILES string of the molecule is Cc1cc(-n2c(C)cc(C=C3C(=O)NC(=O)N(c4cccc(C)c4C)C3=O)c2C)ccc1I. The molecule has 1 fully saturated rings. The third-order valence-electron chi connectivity index (χ3n) is 6.09. The molecule has 168 valence electrons. The molecule has 1 saturated heterocycles. The standard InChI is InChI=1S/C26H24IN3O3/c1-14-7-6-8-23(17(14)4)30-25(32)21(24(31)28-26(30)33)13-19-12-16(3)29(18(19)5)20-9-10-22(27)15(2)11-20/h6-13H,1-5H3,(H,28,31,33). The van der Waals surface area contributed by atoms with Gasteiger partial charge in [-0.05, 0) is 116 Å². The van der Waals surface area contributed by atoms with Crippen LogP contribution in [0, 0.1) is 38.2 Å². The van der Waals surface area contributed by atoms with E-state index in [-0.39, 0.29) is 5.57 Å². The first-order valence-corrected chi connectivity index (χ1v) is 11.6. The molecule has 0 saturated carbocycles. The second-order valence-corrected chi connectivity index (χ2v) is 9.43. The number of amides is 4. The van der Waals surface area contributed by atoms with Crippen LogP contribution in [-0.2, 0) is 9.59 Å². The van der Waals surface area contributed by atoms with Gasteiger partial charge in [0.25, 0.3) is 11.8 Å². The number of hydrogen-bond donors (Lipinski definition) is 1. The molecule has 0 bridgehead atoms. The zero-order chi connectivity index (χ0) is 24.0. The Kier molecular flexibility index (Phi) is 6.00. The second-order valence-electron chi connectivity index (χ2n) is 8.27. The topological polar surface area (TPSA) is 71.4 Å². The maximum Gasteiger partial charge on any atom is 0.335 e. The summed E-state index contributed by atoms with van der Waals surface area (Å²) in [6.45, 7) is 9.75. The van der Waals surface area contributed by atoms with Crippen LogP contribution in [0.2, 0.25) is 0 Å². The average Bonchev–Trinajstić information content (AvgIpc) is 3.03. The van der Waals surface area contributed by atoms with Crippen LogP contribution >= 0.6 is 22.6 Å². The summed E-state index contributed by atoms with van der Waals surface area (Å²) in [5.74, 6) is -1.33. The van der Waals surface area contributed by atoms with Crippen LogP contribution in [0.5, 0.6) is 0 Å². The lowest BCUT2D eigenvalue weighted by atomic mass is 10.0. The van der Waals surface area contributed by atoms with E-state index in [1.165, 1.54) is 9.13 Å². The van der Waals surface area contributed by atoms with Gasteiger partial charge in [-0.2, -0.15) is 0 Å². The number of hydrogen-bond acceptors (Lipinski definition) is 3. The van der Waals surface area contributed by atoms with E-state index in [1.54, 1.807) is 18.2 Å². The fourth-order valence-electron chi connectivity index (χ4n) is 4.11. The maximum atomic E-state index is 13.3. The molecule has 1 N–H and O–H groups in total. The van der Waals surface area contributed by atoms with E-state index < -0.39 is 17.8 Å². The van der Waals surface area contributed by atoms with E-state index in [2.05, 4.69) is 51.5 Å². The van der Waals surface area contributed by atoms with E-state index in [0.717, 1.165) is 38.7 Å². The molecule has 3 aromatic rings. The number of anilines is 1. The Morgan fingerprint density at radius 1 is 0.909 bits per heavy atom. The van der Waals surface area contributed by atoms with Gasteiger partial charge >= 0.3 is 6.03 Å². The highest BCUT2D eigenvalue weighted by atomic mass is 127. The second kappa shape index (κ2) is 8.62. The van der Waals surface area contributed by atoms with Crippen LogP contribution in [-0.4, -0.2) is 22.4 Å². The van der Waals surface area contributed by atoms with Crippen molar-refractivity contribution in [2.45, 2.75) is 34.6 Å². The van der Waals surface area contributed by atoms with Gasteiger partial charge in [0, 0.05) is 20.6 Å². The predicted octanol–water partition coefficient (Wildman–Crippen LogP) is 5.29. The highest BCUT2D eigenvalue weighted by molar-refractivity contribution is 14.1. The van der Waals surface area contributed by atoms with E-state index in [1.807, 2.05) is 45.9 Å². The quantitative estimate of drug-likeness (QED) is 0.272. The molecule has 0 atom stereocenters. The van der Waals surface area contributed by atoms with Gasteiger partial charge in [-0.25, -0.2) is 9.69 Å². The number of aryl methyl sites for hydroxylation is 3. The molecule has 0 radical (unpaired) electrons. The molecular weight excluding hydrogens is 529 g/mol. The van der Waals surface area contributed by atoms with Crippen molar-refractivity contribution in [1.82, 2.24) is 9.88 Å². The molecule has 0 aliphatic carbocycles. The van der Waals surface area contributed by atoms with Gasteiger partial charge in [0.05, 0.1) is 5.69 Å². The van der Waals surface area contributed by atoms with Crippen molar-refractivity contribution in [3.05, 3.63) is 85.2 Å². The molecule has 2 aromatic carbocycles. The highest BCUT2D eigenvalue weighted by Gasteiger charge is 2.37. The molecule has 0 unspecified atom stereocenters. The number of urea groups is 1. The number of aromatic nitrogens is 1. The van der Waals surface area contributed by atoms with Gasteiger partial charge in [-0.3, -0.25) is 14.9 Å². The number of nitrogens with zero attached hydrogens (tertiary/aromatic N) is 2. The van der Waals surface area contributed by atoms with Crippen molar-refractivity contribution in [2.24, 2.45) is 0 Å². The Morgan fingerprint density at radius 3 is 2.33 bits per heavy atom. The molecule has 7 heteroatoms. The zero-order valence-electron chi connectivity index (χ0n) is 19.1. The Morgan fingerprint density at radius 2 is 1.64 bits per heavy atom. The number of imide groups is 2. The number of carbonyl (C=O) groups is 3. The summed E-state index contributed by atoms with van der Waals surface area (Å²) in [6.07, 6.45) is 1.57. The number of barbiturate groups is 1. The Bertz CT molecular complexity index is 1370. The molecule has 2 heterocycles. The highest BCUT2D eigenvalue weighted by Crippen LogP contribution is 2.29. The van der Waals surface area contributed by atoms with Crippen LogP contribution in [0.1, 0.15) is 33.6 Å². The van der Waals surface area contributed by atoms with Gasteiger partial charge in [0.1, 0.15) is 5.57 Å². The van der Waals surface area contributed by atoms with E-state index >= 15 is 0 Å². The van der Waals surface area contributed by atoms with Crippen LogP contribution in [0.25, 0.3) is 11.8 Å². The average molecular weight is 553 g/mol. The number of halogens is 1. The van der Waals surface area contributed by atoms with Crippen LogP contribution in [0.15, 0.2) is 48.0 Å². The normalized spacial score (nSPS) is 15.4. The summed E-state index contributed by atoms with van der Waals surface area (Å²) >= 11 is 2.30. The molecule has 0 spiro atoms. The van der Waals surface area contributed by atoms with Gasteiger partial charge in [0.15, 0.2) is 0 Å². The summed E-state index contributed by atoms with van der Waals surface area (Å²) in [6, 6.07) is 12.8. The van der Waals surface area contributed by atoms with Crippen molar-refractivity contribution in [3.63, 3.8) is 0 Å². The zero-order valence-corrected chi connectivity index (χ0v) is 21.3. The monoisotopic (exact) mass is 553 g/mol. The fourth-order valence-corrected chi connectivity index (χ4v) is 4.44. The van der Waals surface area contributed by atoms with Gasteiger partial charge in [-0.1, -0.05) is 12.1 Å². The molecule has 4 rings (SSSR count). The van der Waals surface area contributed by atoms with E-state index in [0.29, 0.717) is 5.69 Å². The first-order valence-electron chi connectivity index (χ1n) is 10.5. The summed E-state index contributed by atoms with van der Waals surface area (Å²) in [7, 11) is 0. The summed E-state index contributed by atoms with van der Waals surface area (Å²) in [4.78, 5) is 39.6. The third-order valence-corrected chi connectivity index (χ3v) is 7.30. The molecule has 33 heavy (non-hydrogen) atoms. The Labute approximate surface area is 206 Å². The summed E-state index contributed by atoms with van der Waals surface area (Å²) in [5.41, 5.74) is 6.96. The number of benzene rings is 2. The predicted molar refractivity (Wildman–Crippen MR) is 138 cm³/mol. The first kappa shape index (κ1) is 23.0. The van der Waals surface area contributed by atoms with Crippen molar-refractivity contribution in [3.8, 4) is 5.69 Å². The molecular formula is C26H24IN3O3. The van der Waals surface area contributed by atoms with Crippen molar-refractivity contribution in [2.75, 3.05) is 4.90 Å². The minimum Gasteiger partial charge on any atom is -0.318 e. The molecule has 1 aromatic heterocycles. The van der Waals surface area contributed by atoms with Crippen LogP contribution in [0.4, 0.5) is 10.5 Å². The Balaban J connectivity index is 1.79. The van der Waals surface area contributed by atoms with Gasteiger partial charge in [-0.15, -0.1) is 0 Å². The molecule has 6 nitrogen and oxygen atoms in total. The van der Waals surface area contributed by atoms with Gasteiger partial charge < -0.3 is 4.57 Å². The summed E-state index contributed by atoms with van der Waals surface area (Å²) in [5, 5.41) is 2.31. The van der Waals surface area contributed by atoms with Gasteiger partial charge in [0.2, 0.25) is 0 Å². The minimum atomic E-state index is -0.740. The lowest BCUT2D eigenvalue weighted by Gasteiger charge is -2.28. The lowest BCUT2D eigenvalue weighted by molar-refractivity contribution is -0.122. The van der Waals surface area contributed by atoms with Crippen LogP contribution in [0.3, 0.4) is 0 Å². The van der Waals surface area contributed by atoms with Crippen molar-refractivity contribution < 1.29 is 14.4 Å². The first-order chi connectivity index (χ1) is 15.6. The number of rotatable bonds is 3. The number of carbonyl (C=O) groups excluding carboxylic acids is 3. The van der Waals surface area contributed by atoms with E-state index in [4.69, 9.17) is 0 Å². The minimum absolute atomic E-state index is 0.0745. The van der Waals surface area contributed by atoms with Crippen molar-refractivity contribution in [1.29, 1.82) is 0 Å². The Hall–Kier alpha value is -3.20. The summed E-state index contributed by atoms with van der Waals surface area (Å²) < 4.78 is 3.27. The van der Waals surface area contributed by atoms with Crippen LogP contribution < -0.4 is 10.2 Å². The fraction of sp³-hybridized carbons (Fsp3) is 0.192. The van der Waals surface area contributed by atoms with E-state index in [9.17, 15) is 14.4 Å². The molecule has 4 amide bonds. The largest absolute Gasteiger partial charge is 0.335 e. The van der Waals surface area contributed by atoms with Crippen molar-refractivity contribution >= 4 is 52.2 Å². The third kappa shape index (κ3) is 4.01. The lowest BCUT2D eigenvalue weighted by Crippen LogP contribution is -2.54.